The summed E-state index contributed by atoms with van der Waals surface area (Å²) >= 11 is 0. The molecule has 1 aromatic rings. The molecule has 0 aliphatic carbocycles. The van der Waals surface area contributed by atoms with E-state index in [0.29, 0.717) is 0 Å². The van der Waals surface area contributed by atoms with Crippen LogP contribution in [0.15, 0.2) is 24.3 Å². The summed E-state index contributed by atoms with van der Waals surface area (Å²) < 4.78 is 6.21. The van der Waals surface area contributed by atoms with E-state index < -0.39 is 0 Å². The Morgan fingerprint density at radius 3 is 2.21 bits per heavy atom. The van der Waals surface area contributed by atoms with Gasteiger partial charge in [0.15, 0.2) is 0 Å². The second-order valence-electron chi connectivity index (χ2n) is 7.26. The molecule has 0 saturated carbocycles. The predicted octanol–water partition coefficient (Wildman–Crippen LogP) is 4.24. The Hall–Kier alpha value is -0.860. The number of hydrogen-bond donors (Lipinski definition) is 1. The normalized spacial score (nSPS) is 14.5. The topological polar surface area (TPSA) is 21.3 Å². The number of rotatable bonds is 4. The number of aryl methyl sites for hydroxylation is 1. The van der Waals surface area contributed by atoms with Crippen LogP contribution in [0.4, 0.5) is 0 Å². The Morgan fingerprint density at radius 2 is 1.74 bits per heavy atom. The maximum atomic E-state index is 6.21. The zero-order valence-corrected chi connectivity index (χ0v) is 13.5. The molecular formula is C17H29NO. The first kappa shape index (κ1) is 16.2. The molecule has 1 rings (SSSR count). The van der Waals surface area contributed by atoms with Gasteiger partial charge in [-0.05, 0) is 54.0 Å². The summed E-state index contributed by atoms with van der Waals surface area (Å²) in [6.07, 6.45) is 0.0825. The van der Waals surface area contributed by atoms with Crippen molar-refractivity contribution in [3.63, 3.8) is 0 Å². The second-order valence-corrected chi connectivity index (χ2v) is 7.26. The maximum absolute atomic E-state index is 6.21. The van der Waals surface area contributed by atoms with Crippen LogP contribution in [0, 0.1) is 6.92 Å². The van der Waals surface area contributed by atoms with Crippen molar-refractivity contribution >= 4 is 0 Å². The monoisotopic (exact) mass is 263 g/mol. The van der Waals surface area contributed by atoms with Gasteiger partial charge < -0.3 is 10.1 Å². The van der Waals surface area contributed by atoms with Crippen LogP contribution in [0.3, 0.4) is 0 Å². The van der Waals surface area contributed by atoms with Gasteiger partial charge in [-0.2, -0.15) is 0 Å². The fourth-order valence-electron chi connectivity index (χ4n) is 1.92. The first-order chi connectivity index (χ1) is 8.57. The van der Waals surface area contributed by atoms with Gasteiger partial charge in [0.1, 0.15) is 0 Å². The van der Waals surface area contributed by atoms with Crippen LogP contribution in [-0.2, 0) is 4.74 Å². The van der Waals surface area contributed by atoms with Crippen LogP contribution in [0.25, 0.3) is 0 Å². The summed E-state index contributed by atoms with van der Waals surface area (Å²) in [6.45, 7) is 15.8. The predicted molar refractivity (Wildman–Crippen MR) is 82.5 cm³/mol. The van der Waals surface area contributed by atoms with Crippen LogP contribution in [0.5, 0.6) is 0 Å². The number of ether oxygens (including phenoxy) is 1. The van der Waals surface area contributed by atoms with Crippen molar-refractivity contribution in [1.82, 2.24) is 5.32 Å². The fourth-order valence-corrected chi connectivity index (χ4v) is 1.92. The highest BCUT2D eigenvalue weighted by molar-refractivity contribution is 5.24. The standard InChI is InChI=1S/C17H29NO/c1-13-9-8-10-14(11-13)15(19-17(5,6)7)12-18-16(2,3)4/h8-11,15,18H,12H2,1-7H3. The van der Waals surface area contributed by atoms with Crippen molar-refractivity contribution < 1.29 is 4.74 Å². The molecular weight excluding hydrogens is 234 g/mol. The average molecular weight is 263 g/mol. The lowest BCUT2D eigenvalue weighted by molar-refractivity contribution is -0.0625. The molecule has 108 valence electrons. The molecule has 0 amide bonds. The molecule has 0 spiro atoms. The molecule has 0 bridgehead atoms. The number of hydrogen-bond acceptors (Lipinski definition) is 2. The van der Waals surface area contributed by atoms with E-state index >= 15 is 0 Å². The van der Waals surface area contributed by atoms with E-state index in [0.717, 1.165) is 6.54 Å². The van der Waals surface area contributed by atoms with Crippen LogP contribution in [0.2, 0.25) is 0 Å². The molecule has 1 atom stereocenters. The highest BCUT2D eigenvalue weighted by Gasteiger charge is 2.22. The molecule has 0 heterocycles. The summed E-state index contributed by atoms with van der Waals surface area (Å²) in [7, 11) is 0. The molecule has 0 radical (unpaired) electrons. The maximum Gasteiger partial charge on any atom is 0.0956 e. The van der Waals surface area contributed by atoms with Gasteiger partial charge >= 0.3 is 0 Å². The SMILES string of the molecule is Cc1cccc(C(CNC(C)(C)C)OC(C)(C)C)c1. The third-order valence-electron chi connectivity index (χ3n) is 2.73. The summed E-state index contributed by atoms with van der Waals surface area (Å²) in [5, 5.41) is 3.54. The zero-order chi connectivity index (χ0) is 14.7. The third-order valence-corrected chi connectivity index (χ3v) is 2.73. The summed E-state index contributed by atoms with van der Waals surface area (Å²) in [5.74, 6) is 0. The molecule has 0 fully saturated rings. The van der Waals surface area contributed by atoms with Gasteiger partial charge in [0, 0.05) is 12.1 Å². The number of benzene rings is 1. The van der Waals surface area contributed by atoms with Gasteiger partial charge in [-0.15, -0.1) is 0 Å². The molecule has 1 aromatic carbocycles. The van der Waals surface area contributed by atoms with Crippen molar-refractivity contribution in [2.45, 2.75) is 65.7 Å². The molecule has 0 saturated heterocycles. The molecule has 1 N–H and O–H groups in total. The lowest BCUT2D eigenvalue weighted by Gasteiger charge is -2.31. The highest BCUT2D eigenvalue weighted by Crippen LogP contribution is 2.24. The highest BCUT2D eigenvalue weighted by atomic mass is 16.5. The largest absolute Gasteiger partial charge is 0.367 e. The quantitative estimate of drug-likeness (QED) is 0.877. The first-order valence-corrected chi connectivity index (χ1v) is 7.06. The lowest BCUT2D eigenvalue weighted by atomic mass is 10.0. The minimum atomic E-state index is -0.145. The van der Waals surface area contributed by atoms with Gasteiger partial charge in [-0.1, -0.05) is 29.8 Å². The Morgan fingerprint density at radius 1 is 1.11 bits per heavy atom. The van der Waals surface area contributed by atoms with Crippen LogP contribution in [-0.4, -0.2) is 17.7 Å². The van der Waals surface area contributed by atoms with Crippen LogP contribution < -0.4 is 5.32 Å². The molecule has 0 aliphatic heterocycles. The first-order valence-electron chi connectivity index (χ1n) is 7.06. The van der Waals surface area contributed by atoms with Crippen molar-refractivity contribution in [2.75, 3.05) is 6.54 Å². The van der Waals surface area contributed by atoms with Gasteiger partial charge in [0.2, 0.25) is 0 Å². The van der Waals surface area contributed by atoms with E-state index in [9.17, 15) is 0 Å². The zero-order valence-electron chi connectivity index (χ0n) is 13.5. The second kappa shape index (κ2) is 6.06. The molecule has 19 heavy (non-hydrogen) atoms. The van der Waals surface area contributed by atoms with Gasteiger partial charge in [0.05, 0.1) is 11.7 Å². The minimum absolute atomic E-state index is 0.0825. The molecule has 1 unspecified atom stereocenters. The van der Waals surface area contributed by atoms with Crippen molar-refractivity contribution in [1.29, 1.82) is 0 Å². The van der Waals surface area contributed by atoms with Gasteiger partial charge in [0.25, 0.3) is 0 Å². The Bertz CT molecular complexity index is 398. The Labute approximate surface area is 118 Å². The van der Waals surface area contributed by atoms with E-state index in [1.165, 1.54) is 11.1 Å². The summed E-state index contributed by atoms with van der Waals surface area (Å²) in [4.78, 5) is 0. The van der Waals surface area contributed by atoms with Gasteiger partial charge in [-0.25, -0.2) is 0 Å². The van der Waals surface area contributed by atoms with Crippen molar-refractivity contribution in [3.05, 3.63) is 35.4 Å². The summed E-state index contributed by atoms with van der Waals surface area (Å²) in [6, 6.07) is 8.57. The smallest absolute Gasteiger partial charge is 0.0956 e. The molecule has 0 aliphatic rings. The Kier molecular flexibility index (Phi) is 5.17. The third kappa shape index (κ3) is 6.74. The van der Waals surface area contributed by atoms with Crippen molar-refractivity contribution in [2.24, 2.45) is 0 Å². The fraction of sp³-hybridized carbons (Fsp3) is 0.647. The summed E-state index contributed by atoms with van der Waals surface area (Å²) in [5.41, 5.74) is 2.47. The minimum Gasteiger partial charge on any atom is -0.367 e. The van der Waals surface area contributed by atoms with E-state index in [4.69, 9.17) is 4.74 Å². The van der Waals surface area contributed by atoms with Crippen LogP contribution in [0.1, 0.15) is 58.8 Å². The average Bonchev–Trinajstić information content (AvgIpc) is 2.21. The van der Waals surface area contributed by atoms with E-state index in [1.807, 2.05) is 0 Å². The van der Waals surface area contributed by atoms with E-state index in [1.54, 1.807) is 0 Å². The molecule has 2 heteroatoms. The van der Waals surface area contributed by atoms with E-state index in [-0.39, 0.29) is 17.2 Å². The lowest BCUT2D eigenvalue weighted by Crippen LogP contribution is -2.40. The van der Waals surface area contributed by atoms with E-state index in [2.05, 4.69) is 78.0 Å². The van der Waals surface area contributed by atoms with Gasteiger partial charge in [-0.3, -0.25) is 0 Å². The Balaban J connectivity index is 2.86. The number of nitrogens with one attached hydrogen (secondary N) is 1. The molecule has 0 aromatic heterocycles. The van der Waals surface area contributed by atoms with Crippen molar-refractivity contribution in [3.8, 4) is 0 Å². The molecule has 2 nitrogen and oxygen atoms in total. The van der Waals surface area contributed by atoms with Crippen LogP contribution >= 0.6 is 0 Å².